The minimum Gasteiger partial charge on any atom is -0.0967 e. The second-order valence-electron chi connectivity index (χ2n) is 3.98. The summed E-state index contributed by atoms with van der Waals surface area (Å²) in [5, 5.41) is 0. The van der Waals surface area contributed by atoms with Crippen molar-refractivity contribution in [1.82, 2.24) is 0 Å². The molecule has 0 saturated heterocycles. The largest absolute Gasteiger partial charge is 0.113 e. The molecule has 2 rings (SSSR count). The summed E-state index contributed by atoms with van der Waals surface area (Å²) in [6, 6.07) is 16.1. The van der Waals surface area contributed by atoms with Crippen molar-refractivity contribution in [3.8, 4) is 0 Å². The van der Waals surface area contributed by atoms with Gasteiger partial charge in [-0.2, -0.15) is 0 Å². The van der Waals surface area contributed by atoms with Gasteiger partial charge in [-0.05, 0) is 24.0 Å². The third kappa shape index (κ3) is 3.03. The molecule has 0 bridgehead atoms. The first-order valence-corrected chi connectivity index (χ1v) is 5.43. The maximum Gasteiger partial charge on any atom is 0.113 e. The molecule has 2 aromatic carbocycles. The molecule has 0 nitrogen and oxygen atoms in total. The Hall–Kier alpha value is -1.43. The van der Waals surface area contributed by atoms with E-state index in [9.17, 15) is 0 Å². The van der Waals surface area contributed by atoms with E-state index in [0.717, 1.165) is 23.8 Å². The molecule has 0 atom stereocenters. The second-order valence-corrected chi connectivity index (χ2v) is 3.98. The fraction of sp³-hybridized carbons (Fsp3) is 0.143. The quantitative estimate of drug-likeness (QED) is 0.652. The Labute approximate surface area is 99.5 Å². The van der Waals surface area contributed by atoms with Gasteiger partial charge in [0.25, 0.3) is 0 Å². The number of benzene rings is 2. The van der Waals surface area contributed by atoms with Gasteiger partial charge in [-0.3, -0.25) is 0 Å². The maximum absolute atomic E-state index is 5.64. The van der Waals surface area contributed by atoms with Crippen LogP contribution in [-0.4, -0.2) is 15.7 Å². The normalized spacial score (nSPS) is 10.2. The van der Waals surface area contributed by atoms with Crippen LogP contribution in [0.25, 0.3) is 0 Å². The van der Waals surface area contributed by atoms with E-state index in [1.165, 1.54) is 11.1 Å². The molecule has 0 fully saturated rings. The smallest absolute Gasteiger partial charge is 0.0967 e. The van der Waals surface area contributed by atoms with Gasteiger partial charge >= 0.3 is 0 Å². The van der Waals surface area contributed by atoms with Gasteiger partial charge in [0.15, 0.2) is 0 Å². The van der Waals surface area contributed by atoms with Gasteiger partial charge in [0.05, 0.1) is 0 Å². The maximum atomic E-state index is 5.64. The van der Waals surface area contributed by atoms with Crippen molar-refractivity contribution in [2.24, 2.45) is 0 Å². The number of aryl methyl sites for hydroxylation is 2. The average Bonchev–Trinajstić information content (AvgIpc) is 2.30. The second kappa shape index (κ2) is 5.07. The molecular weight excluding hydrogens is 190 g/mol. The molecule has 4 radical (unpaired) electrons. The number of hydrogen-bond donors (Lipinski definition) is 0. The molecule has 0 N–H and O–H groups in total. The van der Waals surface area contributed by atoms with Crippen LogP contribution in [0.5, 0.6) is 0 Å². The fourth-order valence-corrected chi connectivity index (χ4v) is 1.66. The summed E-state index contributed by atoms with van der Waals surface area (Å²) in [5.74, 6) is 0. The molecule has 2 heteroatoms. The first-order valence-electron chi connectivity index (χ1n) is 5.43. The minimum absolute atomic E-state index is 0.816. The van der Waals surface area contributed by atoms with E-state index in [1.807, 2.05) is 24.3 Å². The Morgan fingerprint density at radius 1 is 0.562 bits per heavy atom. The van der Waals surface area contributed by atoms with Gasteiger partial charge in [0, 0.05) is 0 Å². The van der Waals surface area contributed by atoms with Crippen LogP contribution in [-0.2, 0) is 12.8 Å². The van der Waals surface area contributed by atoms with Crippen LogP contribution in [0, 0.1) is 0 Å². The Bertz CT molecular complexity index is 398. The van der Waals surface area contributed by atoms with Gasteiger partial charge in [0.1, 0.15) is 15.7 Å². The van der Waals surface area contributed by atoms with E-state index in [2.05, 4.69) is 24.3 Å². The summed E-state index contributed by atoms with van der Waals surface area (Å²) < 4.78 is 0. The van der Waals surface area contributed by atoms with E-state index in [1.54, 1.807) is 0 Å². The van der Waals surface area contributed by atoms with Crippen molar-refractivity contribution in [3.05, 3.63) is 59.7 Å². The average molecular weight is 202 g/mol. The third-order valence-corrected chi connectivity index (χ3v) is 2.66. The van der Waals surface area contributed by atoms with Gasteiger partial charge in [-0.1, -0.05) is 59.5 Å². The Morgan fingerprint density at radius 3 is 1.19 bits per heavy atom. The van der Waals surface area contributed by atoms with Crippen LogP contribution in [0.4, 0.5) is 0 Å². The molecule has 0 unspecified atom stereocenters. The van der Waals surface area contributed by atoms with Crippen LogP contribution in [0.1, 0.15) is 11.1 Å². The van der Waals surface area contributed by atoms with Gasteiger partial charge in [-0.25, -0.2) is 0 Å². The van der Waals surface area contributed by atoms with E-state index in [-0.39, 0.29) is 0 Å². The highest BCUT2D eigenvalue weighted by Gasteiger charge is 1.95. The van der Waals surface area contributed by atoms with Crippen LogP contribution in [0.15, 0.2) is 48.5 Å². The molecule has 0 aliphatic heterocycles. The van der Waals surface area contributed by atoms with Crippen molar-refractivity contribution in [3.63, 3.8) is 0 Å². The van der Waals surface area contributed by atoms with E-state index in [4.69, 9.17) is 15.7 Å². The van der Waals surface area contributed by atoms with Crippen molar-refractivity contribution in [2.75, 3.05) is 0 Å². The first-order chi connectivity index (χ1) is 7.74. The standard InChI is InChI=1S/C14H12B2/c15-13-7-3-11(4-8-13)1-2-12-5-9-14(16)10-6-12/h3-10H,1-2H2. The molecule has 74 valence electrons. The summed E-state index contributed by atoms with van der Waals surface area (Å²) in [5.41, 5.74) is 4.25. The Morgan fingerprint density at radius 2 is 0.875 bits per heavy atom. The Balaban J connectivity index is 1.97. The summed E-state index contributed by atoms with van der Waals surface area (Å²) in [4.78, 5) is 0. The predicted octanol–water partition coefficient (Wildman–Crippen LogP) is 1.06. The molecule has 0 heterocycles. The van der Waals surface area contributed by atoms with Crippen LogP contribution < -0.4 is 10.9 Å². The predicted molar refractivity (Wildman–Crippen MR) is 71.1 cm³/mol. The Kier molecular flexibility index (Phi) is 3.51. The molecule has 0 aliphatic rings. The van der Waals surface area contributed by atoms with Crippen LogP contribution in [0.2, 0.25) is 0 Å². The molecule has 2 aromatic rings. The van der Waals surface area contributed by atoms with Gasteiger partial charge in [0.2, 0.25) is 0 Å². The lowest BCUT2D eigenvalue weighted by Crippen LogP contribution is -2.03. The van der Waals surface area contributed by atoms with E-state index >= 15 is 0 Å². The number of hydrogen-bond acceptors (Lipinski definition) is 0. The molecule has 0 aromatic heterocycles. The molecule has 0 aliphatic carbocycles. The monoisotopic (exact) mass is 202 g/mol. The highest BCUT2D eigenvalue weighted by atomic mass is 14.0. The van der Waals surface area contributed by atoms with E-state index in [0.29, 0.717) is 0 Å². The summed E-state index contributed by atoms with van der Waals surface area (Å²) in [6.07, 6.45) is 2.06. The molecule has 16 heavy (non-hydrogen) atoms. The lowest BCUT2D eigenvalue weighted by atomic mass is 9.92. The zero-order valence-electron chi connectivity index (χ0n) is 9.19. The minimum atomic E-state index is 0.816. The summed E-state index contributed by atoms with van der Waals surface area (Å²) in [6.45, 7) is 0. The molecule has 0 saturated carbocycles. The van der Waals surface area contributed by atoms with Crippen molar-refractivity contribution < 1.29 is 0 Å². The van der Waals surface area contributed by atoms with Crippen LogP contribution in [0.3, 0.4) is 0 Å². The van der Waals surface area contributed by atoms with Crippen molar-refractivity contribution in [1.29, 1.82) is 0 Å². The SMILES string of the molecule is [B]c1ccc(CCc2ccc([B])cc2)cc1. The fourth-order valence-electron chi connectivity index (χ4n) is 1.66. The topological polar surface area (TPSA) is 0 Å². The first kappa shape index (κ1) is 11.1. The number of rotatable bonds is 3. The summed E-state index contributed by atoms with van der Waals surface area (Å²) in [7, 11) is 11.3. The lowest BCUT2D eigenvalue weighted by Gasteiger charge is -2.03. The zero-order valence-corrected chi connectivity index (χ0v) is 9.19. The molecular formula is C14H12B2. The highest BCUT2D eigenvalue weighted by molar-refractivity contribution is 6.32. The molecule has 0 amide bonds. The molecule has 0 spiro atoms. The highest BCUT2D eigenvalue weighted by Crippen LogP contribution is 2.05. The lowest BCUT2D eigenvalue weighted by molar-refractivity contribution is 0.961. The zero-order chi connectivity index (χ0) is 11.4. The van der Waals surface area contributed by atoms with Gasteiger partial charge < -0.3 is 0 Å². The third-order valence-electron chi connectivity index (χ3n) is 2.66. The van der Waals surface area contributed by atoms with Crippen LogP contribution >= 0.6 is 0 Å². The van der Waals surface area contributed by atoms with Crippen molar-refractivity contribution >= 4 is 26.6 Å². The van der Waals surface area contributed by atoms with E-state index < -0.39 is 0 Å². The van der Waals surface area contributed by atoms with Gasteiger partial charge in [-0.15, -0.1) is 0 Å². The summed E-state index contributed by atoms with van der Waals surface area (Å²) >= 11 is 0. The van der Waals surface area contributed by atoms with Crippen molar-refractivity contribution in [2.45, 2.75) is 12.8 Å².